The Kier molecular flexibility index (Phi) is 7.69. The minimum absolute atomic E-state index is 0.118. The molecule has 1 fully saturated rings. The van der Waals surface area contributed by atoms with Crippen LogP contribution in [0, 0.1) is 6.92 Å². The standard InChI is InChI=1S/C21H28N4O3S/c1-3-13-28-20(27)16-9-11-17(12-10-16)22-19(26)14-29-21-24-23-15(2)25(21)18-7-5-4-6-8-18/h9-12,18H,3-8,13-14H2,1-2H3,(H,22,26). The first-order valence-electron chi connectivity index (χ1n) is 10.2. The van der Waals surface area contributed by atoms with Crippen LogP contribution >= 0.6 is 11.8 Å². The second-order valence-corrected chi connectivity index (χ2v) is 8.18. The number of hydrogen-bond donors (Lipinski definition) is 1. The van der Waals surface area contributed by atoms with E-state index in [2.05, 4.69) is 20.1 Å². The zero-order valence-electron chi connectivity index (χ0n) is 17.0. The molecule has 1 heterocycles. The Morgan fingerprint density at radius 2 is 1.90 bits per heavy atom. The van der Waals surface area contributed by atoms with Gasteiger partial charge in [0.15, 0.2) is 5.16 Å². The summed E-state index contributed by atoms with van der Waals surface area (Å²) < 4.78 is 7.29. The summed E-state index contributed by atoms with van der Waals surface area (Å²) in [5.41, 5.74) is 1.12. The maximum atomic E-state index is 12.4. The number of anilines is 1. The minimum atomic E-state index is -0.349. The number of ether oxygens (including phenoxy) is 1. The Balaban J connectivity index is 1.53. The topological polar surface area (TPSA) is 86.1 Å². The van der Waals surface area contributed by atoms with Gasteiger partial charge >= 0.3 is 5.97 Å². The van der Waals surface area contributed by atoms with Gasteiger partial charge in [-0.15, -0.1) is 10.2 Å². The molecule has 1 saturated carbocycles. The molecule has 1 aliphatic rings. The number of nitrogens with one attached hydrogen (secondary N) is 1. The van der Waals surface area contributed by atoms with Crippen LogP contribution in [0.5, 0.6) is 0 Å². The SMILES string of the molecule is CCCOC(=O)c1ccc(NC(=O)CSc2nnc(C)n2C2CCCCC2)cc1. The quantitative estimate of drug-likeness (QED) is 0.507. The van der Waals surface area contributed by atoms with E-state index in [0.717, 1.165) is 30.2 Å². The lowest BCUT2D eigenvalue weighted by molar-refractivity contribution is -0.113. The summed E-state index contributed by atoms with van der Waals surface area (Å²) in [6.07, 6.45) is 6.82. The van der Waals surface area contributed by atoms with Gasteiger partial charge in [0.05, 0.1) is 17.9 Å². The highest BCUT2D eigenvalue weighted by atomic mass is 32.2. The number of amides is 1. The molecule has 0 aliphatic heterocycles. The van der Waals surface area contributed by atoms with Crippen molar-refractivity contribution in [2.75, 3.05) is 17.7 Å². The molecule has 0 unspecified atom stereocenters. The molecule has 0 atom stereocenters. The van der Waals surface area contributed by atoms with Crippen LogP contribution in [0.15, 0.2) is 29.4 Å². The first-order chi connectivity index (χ1) is 14.1. The number of carbonyl (C=O) groups excluding carboxylic acids is 2. The molecule has 29 heavy (non-hydrogen) atoms. The summed E-state index contributed by atoms with van der Waals surface area (Å²) in [7, 11) is 0. The molecule has 156 valence electrons. The Labute approximate surface area is 175 Å². The van der Waals surface area contributed by atoms with Gasteiger partial charge in [0.1, 0.15) is 5.82 Å². The van der Waals surface area contributed by atoms with Gasteiger partial charge in [-0.2, -0.15) is 0 Å². The van der Waals surface area contributed by atoms with Crippen LogP contribution in [-0.2, 0) is 9.53 Å². The number of benzene rings is 1. The number of esters is 1. The van der Waals surface area contributed by atoms with E-state index in [1.807, 2.05) is 13.8 Å². The van der Waals surface area contributed by atoms with Crippen molar-refractivity contribution in [2.24, 2.45) is 0 Å². The van der Waals surface area contributed by atoms with E-state index in [0.29, 0.717) is 23.9 Å². The maximum absolute atomic E-state index is 12.4. The fraction of sp³-hybridized carbons (Fsp3) is 0.524. The highest BCUT2D eigenvalue weighted by Crippen LogP contribution is 2.32. The number of aromatic nitrogens is 3. The Bertz CT molecular complexity index is 829. The largest absolute Gasteiger partial charge is 0.462 e. The molecule has 3 rings (SSSR count). The van der Waals surface area contributed by atoms with Gasteiger partial charge < -0.3 is 14.6 Å². The second-order valence-electron chi connectivity index (χ2n) is 7.24. The van der Waals surface area contributed by atoms with E-state index in [-0.39, 0.29) is 17.6 Å². The average Bonchev–Trinajstić information content (AvgIpc) is 3.12. The smallest absolute Gasteiger partial charge is 0.338 e. The molecule has 8 heteroatoms. The molecular weight excluding hydrogens is 388 g/mol. The molecule has 1 aromatic heterocycles. The second kappa shape index (κ2) is 10.4. The van der Waals surface area contributed by atoms with Crippen LogP contribution in [0.25, 0.3) is 0 Å². The lowest BCUT2D eigenvalue weighted by Gasteiger charge is -2.24. The lowest BCUT2D eigenvalue weighted by Crippen LogP contribution is -2.17. The number of hydrogen-bond acceptors (Lipinski definition) is 6. The molecular formula is C21H28N4O3S. The van der Waals surface area contributed by atoms with Crippen molar-refractivity contribution >= 4 is 29.3 Å². The van der Waals surface area contributed by atoms with Gasteiger partial charge in [-0.1, -0.05) is 37.9 Å². The third-order valence-electron chi connectivity index (χ3n) is 4.95. The van der Waals surface area contributed by atoms with E-state index in [1.165, 1.54) is 31.0 Å². The van der Waals surface area contributed by atoms with E-state index in [9.17, 15) is 9.59 Å². The first kappa shape index (κ1) is 21.4. The number of aryl methyl sites for hydroxylation is 1. The molecule has 1 aliphatic carbocycles. The van der Waals surface area contributed by atoms with Crippen molar-refractivity contribution in [1.29, 1.82) is 0 Å². The number of thioether (sulfide) groups is 1. The predicted octanol–water partition coefficient (Wildman–Crippen LogP) is 4.39. The molecule has 2 aromatic rings. The first-order valence-corrected chi connectivity index (χ1v) is 11.2. The maximum Gasteiger partial charge on any atom is 0.338 e. The van der Waals surface area contributed by atoms with Crippen molar-refractivity contribution in [3.8, 4) is 0 Å². The summed E-state index contributed by atoms with van der Waals surface area (Å²) in [6.45, 7) is 4.32. The van der Waals surface area contributed by atoms with Gasteiger partial charge in [-0.05, 0) is 50.5 Å². The van der Waals surface area contributed by atoms with Crippen molar-refractivity contribution in [1.82, 2.24) is 14.8 Å². The highest BCUT2D eigenvalue weighted by molar-refractivity contribution is 7.99. The molecule has 1 aromatic carbocycles. The Morgan fingerprint density at radius 3 is 2.59 bits per heavy atom. The van der Waals surface area contributed by atoms with Gasteiger partial charge in [0.2, 0.25) is 5.91 Å². The molecule has 0 saturated heterocycles. The van der Waals surface area contributed by atoms with Gasteiger partial charge in [-0.25, -0.2) is 4.79 Å². The van der Waals surface area contributed by atoms with Crippen molar-refractivity contribution in [3.63, 3.8) is 0 Å². The third kappa shape index (κ3) is 5.82. The van der Waals surface area contributed by atoms with Crippen LogP contribution in [-0.4, -0.2) is 39.0 Å². The summed E-state index contributed by atoms with van der Waals surface area (Å²) in [5, 5.41) is 12.1. The summed E-state index contributed by atoms with van der Waals surface area (Å²) >= 11 is 1.41. The Hall–Kier alpha value is -2.35. The molecule has 1 amide bonds. The minimum Gasteiger partial charge on any atom is -0.462 e. The van der Waals surface area contributed by atoms with Gasteiger partial charge in [0, 0.05) is 11.7 Å². The number of nitrogens with zero attached hydrogens (tertiary/aromatic N) is 3. The molecule has 7 nitrogen and oxygen atoms in total. The van der Waals surface area contributed by atoms with Crippen molar-refractivity contribution in [2.45, 2.75) is 63.6 Å². The van der Waals surface area contributed by atoms with E-state index in [4.69, 9.17) is 4.74 Å². The zero-order valence-corrected chi connectivity index (χ0v) is 17.8. The molecule has 0 spiro atoms. The lowest BCUT2D eigenvalue weighted by atomic mass is 9.95. The van der Waals surface area contributed by atoms with Crippen LogP contribution in [0.4, 0.5) is 5.69 Å². The monoisotopic (exact) mass is 416 g/mol. The van der Waals surface area contributed by atoms with E-state index < -0.39 is 0 Å². The van der Waals surface area contributed by atoms with Gasteiger partial charge in [-0.3, -0.25) is 4.79 Å². The van der Waals surface area contributed by atoms with E-state index >= 15 is 0 Å². The van der Waals surface area contributed by atoms with E-state index in [1.54, 1.807) is 24.3 Å². The third-order valence-corrected chi connectivity index (χ3v) is 5.89. The fourth-order valence-electron chi connectivity index (χ4n) is 3.50. The highest BCUT2D eigenvalue weighted by Gasteiger charge is 2.21. The van der Waals surface area contributed by atoms with Crippen LogP contribution in [0.1, 0.15) is 67.7 Å². The van der Waals surface area contributed by atoms with Crippen LogP contribution < -0.4 is 5.32 Å². The summed E-state index contributed by atoms with van der Waals surface area (Å²) in [4.78, 5) is 24.2. The molecule has 0 radical (unpaired) electrons. The number of carbonyl (C=O) groups is 2. The van der Waals surface area contributed by atoms with Crippen LogP contribution in [0.3, 0.4) is 0 Å². The Morgan fingerprint density at radius 1 is 1.17 bits per heavy atom. The predicted molar refractivity (Wildman–Crippen MR) is 113 cm³/mol. The van der Waals surface area contributed by atoms with Crippen molar-refractivity contribution in [3.05, 3.63) is 35.7 Å². The fourth-order valence-corrected chi connectivity index (χ4v) is 4.35. The van der Waals surface area contributed by atoms with Gasteiger partial charge in [0.25, 0.3) is 0 Å². The molecule has 1 N–H and O–H groups in total. The zero-order chi connectivity index (χ0) is 20.6. The molecule has 0 bridgehead atoms. The summed E-state index contributed by atoms with van der Waals surface area (Å²) in [5.74, 6) is 0.695. The van der Waals surface area contributed by atoms with Crippen LogP contribution in [0.2, 0.25) is 0 Å². The average molecular weight is 417 g/mol. The normalized spacial score (nSPS) is 14.6. The summed E-state index contributed by atoms with van der Waals surface area (Å²) in [6, 6.07) is 7.16. The number of rotatable bonds is 8. The van der Waals surface area contributed by atoms with Crippen molar-refractivity contribution < 1.29 is 14.3 Å².